The first kappa shape index (κ1) is 11.0. The fourth-order valence-corrected chi connectivity index (χ4v) is 1.17. The van der Waals surface area contributed by atoms with E-state index in [1.807, 2.05) is 0 Å². The van der Waals surface area contributed by atoms with E-state index in [4.69, 9.17) is 5.73 Å². The van der Waals surface area contributed by atoms with E-state index in [1.165, 1.54) is 0 Å². The van der Waals surface area contributed by atoms with E-state index < -0.39 is 29.1 Å². The number of aliphatic hydroxyl groups is 1. The molecular formula is C9H10F3NO. The molecule has 0 aliphatic heterocycles. The minimum atomic E-state index is -1.33. The molecule has 1 atom stereocenters. The number of benzene rings is 1. The summed E-state index contributed by atoms with van der Waals surface area (Å²) >= 11 is 0. The van der Waals surface area contributed by atoms with Crippen LogP contribution in [0.4, 0.5) is 13.2 Å². The fourth-order valence-electron chi connectivity index (χ4n) is 1.17. The van der Waals surface area contributed by atoms with Gasteiger partial charge in [-0.15, -0.1) is 0 Å². The molecule has 0 saturated heterocycles. The van der Waals surface area contributed by atoms with E-state index >= 15 is 0 Å². The second-order valence-electron chi connectivity index (χ2n) is 2.88. The van der Waals surface area contributed by atoms with Crippen molar-refractivity contribution in [1.29, 1.82) is 0 Å². The number of halogens is 3. The Labute approximate surface area is 79.2 Å². The van der Waals surface area contributed by atoms with Crippen LogP contribution in [-0.2, 0) is 0 Å². The first-order valence-corrected chi connectivity index (χ1v) is 4.09. The van der Waals surface area contributed by atoms with Gasteiger partial charge in [0.2, 0.25) is 0 Å². The lowest BCUT2D eigenvalue weighted by Gasteiger charge is -2.11. The topological polar surface area (TPSA) is 46.2 Å². The van der Waals surface area contributed by atoms with Gasteiger partial charge < -0.3 is 10.8 Å². The van der Waals surface area contributed by atoms with Gasteiger partial charge in [-0.25, -0.2) is 13.2 Å². The number of hydrogen-bond acceptors (Lipinski definition) is 2. The number of nitrogens with two attached hydrogens (primary N) is 1. The summed E-state index contributed by atoms with van der Waals surface area (Å²) in [7, 11) is 0. The lowest BCUT2D eigenvalue weighted by molar-refractivity contribution is 0.160. The van der Waals surface area contributed by atoms with Crippen molar-refractivity contribution in [1.82, 2.24) is 0 Å². The molecule has 1 aromatic rings. The minimum absolute atomic E-state index is 0.0273. The second-order valence-corrected chi connectivity index (χ2v) is 2.88. The van der Waals surface area contributed by atoms with Gasteiger partial charge in [-0.1, -0.05) is 0 Å². The Balaban J connectivity index is 3.07. The molecule has 14 heavy (non-hydrogen) atoms. The van der Waals surface area contributed by atoms with Gasteiger partial charge in [0.15, 0.2) is 0 Å². The quantitative estimate of drug-likeness (QED) is 0.785. The monoisotopic (exact) mass is 205 g/mol. The molecule has 0 aliphatic rings. The van der Waals surface area contributed by atoms with E-state index in [0.29, 0.717) is 12.1 Å². The summed E-state index contributed by atoms with van der Waals surface area (Å²) in [6.07, 6.45) is -1.31. The molecule has 0 bridgehead atoms. The highest BCUT2D eigenvalue weighted by molar-refractivity contribution is 5.23. The first-order chi connectivity index (χ1) is 6.56. The highest BCUT2D eigenvalue weighted by Gasteiger charge is 2.18. The largest absolute Gasteiger partial charge is 0.388 e. The standard InChI is InChI=1S/C9H10F3NO/c10-5-3-6(11)9(7(12)4-5)8(14)1-2-13/h3-4,8,14H,1-2,13H2/t8-/m0/s1. The average Bonchev–Trinajstić information content (AvgIpc) is 2.01. The van der Waals surface area contributed by atoms with Crippen LogP contribution < -0.4 is 5.73 Å². The van der Waals surface area contributed by atoms with Crippen LogP contribution >= 0.6 is 0 Å². The Bertz CT molecular complexity index is 307. The average molecular weight is 205 g/mol. The van der Waals surface area contributed by atoms with Crippen LogP contribution in [0.1, 0.15) is 18.1 Å². The lowest BCUT2D eigenvalue weighted by atomic mass is 10.1. The fraction of sp³-hybridized carbons (Fsp3) is 0.333. The van der Waals surface area contributed by atoms with Gasteiger partial charge in [-0.05, 0) is 13.0 Å². The first-order valence-electron chi connectivity index (χ1n) is 4.09. The summed E-state index contributed by atoms with van der Waals surface area (Å²) in [5, 5.41) is 9.29. The predicted molar refractivity (Wildman–Crippen MR) is 44.9 cm³/mol. The highest BCUT2D eigenvalue weighted by Crippen LogP contribution is 2.23. The molecule has 0 fully saturated rings. The number of hydrogen-bond donors (Lipinski definition) is 2. The summed E-state index contributed by atoms with van der Waals surface area (Å²) in [5.74, 6) is -3.20. The van der Waals surface area contributed by atoms with Crippen molar-refractivity contribution in [2.75, 3.05) is 6.54 Å². The van der Waals surface area contributed by atoms with Crippen LogP contribution in [0.25, 0.3) is 0 Å². The molecule has 0 aliphatic carbocycles. The van der Waals surface area contributed by atoms with Gasteiger partial charge in [0.1, 0.15) is 17.5 Å². The van der Waals surface area contributed by atoms with Gasteiger partial charge in [0.05, 0.1) is 11.7 Å². The van der Waals surface area contributed by atoms with Gasteiger partial charge in [-0.2, -0.15) is 0 Å². The van der Waals surface area contributed by atoms with E-state index in [0.717, 1.165) is 0 Å². The molecule has 0 saturated carbocycles. The lowest BCUT2D eigenvalue weighted by Crippen LogP contribution is -2.10. The Morgan fingerprint density at radius 3 is 2.14 bits per heavy atom. The van der Waals surface area contributed by atoms with Gasteiger partial charge in [0, 0.05) is 12.1 Å². The van der Waals surface area contributed by atoms with E-state index in [9.17, 15) is 18.3 Å². The van der Waals surface area contributed by atoms with Crippen molar-refractivity contribution >= 4 is 0 Å². The molecule has 0 spiro atoms. The van der Waals surface area contributed by atoms with E-state index in [2.05, 4.69) is 0 Å². The summed E-state index contributed by atoms with van der Waals surface area (Å²) < 4.78 is 38.5. The Morgan fingerprint density at radius 2 is 1.71 bits per heavy atom. The zero-order valence-electron chi connectivity index (χ0n) is 7.30. The second kappa shape index (κ2) is 4.43. The molecule has 0 radical (unpaired) electrons. The molecule has 3 N–H and O–H groups in total. The van der Waals surface area contributed by atoms with Crippen LogP contribution in [0.2, 0.25) is 0 Å². The zero-order valence-corrected chi connectivity index (χ0v) is 7.30. The van der Waals surface area contributed by atoms with Crippen molar-refractivity contribution in [3.63, 3.8) is 0 Å². The molecule has 1 rings (SSSR count). The normalized spacial score (nSPS) is 12.9. The molecule has 0 heterocycles. The molecule has 0 aromatic heterocycles. The molecule has 0 unspecified atom stereocenters. The molecule has 2 nitrogen and oxygen atoms in total. The van der Waals surface area contributed by atoms with Crippen molar-refractivity contribution in [2.24, 2.45) is 5.73 Å². The molecular weight excluding hydrogens is 195 g/mol. The smallest absolute Gasteiger partial charge is 0.134 e. The SMILES string of the molecule is NCC[C@H](O)c1c(F)cc(F)cc1F. The van der Waals surface area contributed by atoms with Crippen LogP contribution in [0, 0.1) is 17.5 Å². The molecule has 78 valence electrons. The van der Waals surface area contributed by atoms with Crippen molar-refractivity contribution in [3.05, 3.63) is 35.1 Å². The third-order valence-corrected chi connectivity index (χ3v) is 1.82. The number of rotatable bonds is 3. The zero-order chi connectivity index (χ0) is 10.7. The minimum Gasteiger partial charge on any atom is -0.388 e. The van der Waals surface area contributed by atoms with E-state index in [1.54, 1.807) is 0 Å². The van der Waals surface area contributed by atoms with Gasteiger partial charge >= 0.3 is 0 Å². The Morgan fingerprint density at radius 1 is 1.21 bits per heavy atom. The predicted octanol–water partition coefficient (Wildman–Crippen LogP) is 1.49. The van der Waals surface area contributed by atoms with Gasteiger partial charge in [0.25, 0.3) is 0 Å². The maximum absolute atomic E-state index is 13.0. The summed E-state index contributed by atoms with van der Waals surface area (Å²) in [6, 6.07) is 1.05. The van der Waals surface area contributed by atoms with Crippen molar-refractivity contribution < 1.29 is 18.3 Å². The Hall–Kier alpha value is -1.07. The van der Waals surface area contributed by atoms with E-state index in [-0.39, 0.29) is 13.0 Å². The molecule has 1 aromatic carbocycles. The number of aliphatic hydroxyl groups excluding tert-OH is 1. The Kier molecular flexibility index (Phi) is 3.49. The summed E-state index contributed by atoms with van der Waals surface area (Å²) in [6.45, 7) is 0.0947. The van der Waals surface area contributed by atoms with Crippen molar-refractivity contribution in [2.45, 2.75) is 12.5 Å². The van der Waals surface area contributed by atoms with Crippen LogP contribution in [0.15, 0.2) is 12.1 Å². The summed E-state index contributed by atoms with van der Waals surface area (Å²) in [5.41, 5.74) is 4.59. The van der Waals surface area contributed by atoms with Crippen molar-refractivity contribution in [3.8, 4) is 0 Å². The molecule has 0 amide bonds. The van der Waals surface area contributed by atoms with Crippen LogP contribution in [0.5, 0.6) is 0 Å². The van der Waals surface area contributed by atoms with Gasteiger partial charge in [-0.3, -0.25) is 0 Å². The summed E-state index contributed by atoms with van der Waals surface area (Å²) in [4.78, 5) is 0. The third-order valence-electron chi connectivity index (χ3n) is 1.82. The maximum Gasteiger partial charge on any atom is 0.134 e. The molecule has 5 heteroatoms. The highest BCUT2D eigenvalue weighted by atomic mass is 19.1. The third kappa shape index (κ3) is 2.24. The maximum atomic E-state index is 13.0. The van der Waals surface area contributed by atoms with Crippen LogP contribution in [0.3, 0.4) is 0 Å². The van der Waals surface area contributed by atoms with Crippen LogP contribution in [-0.4, -0.2) is 11.7 Å².